The van der Waals surface area contributed by atoms with Gasteiger partial charge in [-0.1, -0.05) is 26.8 Å². The van der Waals surface area contributed by atoms with Crippen LogP contribution in [-0.2, 0) is 0 Å². The zero-order chi connectivity index (χ0) is 13.5. The van der Waals surface area contributed by atoms with Gasteiger partial charge in [-0.2, -0.15) is 11.8 Å². The third-order valence-corrected chi connectivity index (χ3v) is 3.77. The summed E-state index contributed by atoms with van der Waals surface area (Å²) >= 11 is 1.77. The summed E-state index contributed by atoms with van der Waals surface area (Å²) in [6.07, 6.45) is 0.992. The maximum atomic E-state index is 13.8. The van der Waals surface area contributed by atoms with Gasteiger partial charge in [0.2, 0.25) is 0 Å². The first kappa shape index (κ1) is 15.4. The number of rotatable bonds is 7. The minimum absolute atomic E-state index is 0.0575. The monoisotopic (exact) mass is 273 g/mol. The van der Waals surface area contributed by atoms with Crippen LogP contribution < -0.4 is 5.32 Å². The largest absolute Gasteiger partial charge is 0.309 e. The molecule has 0 aliphatic heterocycles. The molecule has 0 aliphatic carbocycles. The normalized spacial score (nSPS) is 13.0. The summed E-state index contributed by atoms with van der Waals surface area (Å²) in [7, 11) is 0. The molecule has 0 radical (unpaired) electrons. The van der Waals surface area contributed by atoms with E-state index in [4.69, 9.17) is 0 Å². The van der Waals surface area contributed by atoms with E-state index in [0.29, 0.717) is 10.8 Å². The molecule has 102 valence electrons. The van der Waals surface area contributed by atoms with Gasteiger partial charge < -0.3 is 5.32 Å². The van der Waals surface area contributed by atoms with Crippen molar-refractivity contribution in [3.05, 3.63) is 35.4 Å². The lowest BCUT2D eigenvalue weighted by Gasteiger charge is -2.20. The zero-order valence-corrected chi connectivity index (χ0v) is 12.0. The molecule has 1 N–H and O–H groups in total. The van der Waals surface area contributed by atoms with Gasteiger partial charge >= 0.3 is 0 Å². The molecule has 4 heteroatoms. The molecule has 0 fully saturated rings. The third-order valence-electron chi connectivity index (χ3n) is 2.57. The number of halogens is 2. The summed E-state index contributed by atoms with van der Waals surface area (Å²) in [6, 6.07) is 3.76. The first-order valence-corrected chi connectivity index (χ1v) is 7.39. The number of thioether (sulfide) groups is 1. The minimum Gasteiger partial charge on any atom is -0.309 e. The van der Waals surface area contributed by atoms with Gasteiger partial charge in [0.05, 0.1) is 0 Å². The van der Waals surface area contributed by atoms with Crippen LogP contribution in [0, 0.1) is 11.6 Å². The first-order valence-electron chi connectivity index (χ1n) is 6.34. The van der Waals surface area contributed by atoms with Crippen LogP contribution in [0.1, 0.15) is 38.8 Å². The summed E-state index contributed by atoms with van der Waals surface area (Å²) in [5, 5.41) is 3.82. The first-order chi connectivity index (χ1) is 8.54. The van der Waals surface area contributed by atoms with Gasteiger partial charge in [-0.3, -0.25) is 0 Å². The molecule has 0 bridgehead atoms. The van der Waals surface area contributed by atoms with Crippen molar-refractivity contribution in [2.24, 2.45) is 0 Å². The second-order valence-electron chi connectivity index (χ2n) is 4.55. The molecule has 1 rings (SSSR count). The Morgan fingerprint density at radius 1 is 1.28 bits per heavy atom. The van der Waals surface area contributed by atoms with E-state index >= 15 is 0 Å². The molecule has 0 heterocycles. The van der Waals surface area contributed by atoms with Crippen molar-refractivity contribution in [3.63, 3.8) is 0 Å². The van der Waals surface area contributed by atoms with E-state index in [0.717, 1.165) is 24.8 Å². The quantitative estimate of drug-likeness (QED) is 0.801. The molecule has 1 aromatic rings. The van der Waals surface area contributed by atoms with Gasteiger partial charge in [0.15, 0.2) is 0 Å². The molecule has 0 spiro atoms. The molecule has 0 saturated heterocycles. The maximum absolute atomic E-state index is 13.8. The van der Waals surface area contributed by atoms with Crippen LogP contribution >= 0.6 is 11.8 Å². The fourth-order valence-electron chi connectivity index (χ4n) is 1.65. The zero-order valence-electron chi connectivity index (χ0n) is 11.2. The van der Waals surface area contributed by atoms with Crippen molar-refractivity contribution in [3.8, 4) is 0 Å². The van der Waals surface area contributed by atoms with E-state index in [-0.39, 0.29) is 6.04 Å². The number of benzene rings is 1. The number of hydrogen-bond donors (Lipinski definition) is 1. The van der Waals surface area contributed by atoms with E-state index in [2.05, 4.69) is 26.1 Å². The summed E-state index contributed by atoms with van der Waals surface area (Å²) in [4.78, 5) is 0. The summed E-state index contributed by atoms with van der Waals surface area (Å²) in [5.74, 6) is -0.199. The Bertz CT molecular complexity index is 369. The molecule has 0 saturated carbocycles. The standard InChI is InChI=1S/C14H21F2NS/c1-4-7-17-14(9-18-10(2)3)12-6-5-11(15)8-13(12)16/h5-6,8,10,14,17H,4,7,9H2,1-3H3. The Hall–Kier alpha value is -0.610. The van der Waals surface area contributed by atoms with Crippen LogP contribution in [0.4, 0.5) is 8.78 Å². The highest BCUT2D eigenvalue weighted by atomic mass is 32.2. The maximum Gasteiger partial charge on any atom is 0.130 e. The molecule has 1 atom stereocenters. The smallest absolute Gasteiger partial charge is 0.130 e. The van der Waals surface area contributed by atoms with Crippen LogP contribution in [0.15, 0.2) is 18.2 Å². The van der Waals surface area contributed by atoms with Crippen LogP contribution in [0.25, 0.3) is 0 Å². The SMILES string of the molecule is CCCNC(CSC(C)C)c1ccc(F)cc1F. The lowest BCUT2D eigenvalue weighted by atomic mass is 10.1. The second-order valence-corrected chi connectivity index (χ2v) is 6.16. The van der Waals surface area contributed by atoms with Crippen molar-refractivity contribution >= 4 is 11.8 Å². The van der Waals surface area contributed by atoms with Crippen LogP contribution in [0.3, 0.4) is 0 Å². The molecule has 0 aromatic heterocycles. The van der Waals surface area contributed by atoms with E-state index in [1.54, 1.807) is 17.8 Å². The lowest BCUT2D eigenvalue weighted by molar-refractivity contribution is 0.521. The van der Waals surface area contributed by atoms with Gasteiger partial charge in [-0.15, -0.1) is 0 Å². The van der Waals surface area contributed by atoms with Gasteiger partial charge in [0.25, 0.3) is 0 Å². The highest BCUT2D eigenvalue weighted by Crippen LogP contribution is 2.24. The summed E-state index contributed by atoms with van der Waals surface area (Å²) in [6.45, 7) is 7.13. The molecule has 1 aromatic carbocycles. The van der Waals surface area contributed by atoms with Crippen molar-refractivity contribution < 1.29 is 8.78 Å². The Kier molecular flexibility index (Phi) is 6.65. The Morgan fingerprint density at radius 3 is 2.56 bits per heavy atom. The van der Waals surface area contributed by atoms with Crippen LogP contribution in [0.2, 0.25) is 0 Å². The Balaban J connectivity index is 2.79. The molecule has 1 unspecified atom stereocenters. The molecular formula is C14H21F2NS. The van der Waals surface area contributed by atoms with Gasteiger partial charge in [-0.25, -0.2) is 8.78 Å². The highest BCUT2D eigenvalue weighted by molar-refractivity contribution is 7.99. The predicted octanol–water partition coefficient (Wildman–Crippen LogP) is 4.15. The highest BCUT2D eigenvalue weighted by Gasteiger charge is 2.16. The average Bonchev–Trinajstić information content (AvgIpc) is 2.30. The molecule has 0 amide bonds. The second kappa shape index (κ2) is 7.74. The predicted molar refractivity (Wildman–Crippen MR) is 75.0 cm³/mol. The van der Waals surface area contributed by atoms with Crippen LogP contribution in [0.5, 0.6) is 0 Å². The molecular weight excluding hydrogens is 252 g/mol. The third kappa shape index (κ3) is 4.94. The molecule has 1 nitrogen and oxygen atoms in total. The number of hydrogen-bond acceptors (Lipinski definition) is 2. The van der Waals surface area contributed by atoms with E-state index in [1.165, 1.54) is 6.07 Å². The summed E-state index contributed by atoms with van der Waals surface area (Å²) in [5.41, 5.74) is 0.554. The fraction of sp³-hybridized carbons (Fsp3) is 0.571. The summed E-state index contributed by atoms with van der Waals surface area (Å²) < 4.78 is 26.7. The topological polar surface area (TPSA) is 12.0 Å². The Morgan fingerprint density at radius 2 is 2.00 bits per heavy atom. The minimum atomic E-state index is -0.526. The van der Waals surface area contributed by atoms with Crippen molar-refractivity contribution in [1.82, 2.24) is 5.32 Å². The fourth-order valence-corrected chi connectivity index (χ4v) is 2.52. The molecule has 18 heavy (non-hydrogen) atoms. The van der Waals surface area contributed by atoms with Gasteiger partial charge in [-0.05, 0) is 24.3 Å². The Labute approximate surface area is 112 Å². The number of nitrogens with one attached hydrogen (secondary N) is 1. The van der Waals surface area contributed by atoms with Crippen molar-refractivity contribution in [2.75, 3.05) is 12.3 Å². The van der Waals surface area contributed by atoms with Crippen molar-refractivity contribution in [1.29, 1.82) is 0 Å². The van der Waals surface area contributed by atoms with E-state index in [9.17, 15) is 8.78 Å². The lowest BCUT2D eigenvalue weighted by Crippen LogP contribution is -2.25. The van der Waals surface area contributed by atoms with Gasteiger partial charge in [0, 0.05) is 23.4 Å². The van der Waals surface area contributed by atoms with E-state index < -0.39 is 11.6 Å². The average molecular weight is 273 g/mol. The van der Waals surface area contributed by atoms with Gasteiger partial charge in [0.1, 0.15) is 11.6 Å². The van der Waals surface area contributed by atoms with Crippen molar-refractivity contribution in [2.45, 2.75) is 38.5 Å². The molecule has 0 aliphatic rings. The van der Waals surface area contributed by atoms with E-state index in [1.807, 2.05) is 0 Å². The van der Waals surface area contributed by atoms with Crippen LogP contribution in [-0.4, -0.2) is 17.5 Å².